The molecule has 0 saturated heterocycles. The van der Waals surface area contributed by atoms with Crippen molar-refractivity contribution < 1.29 is 5.11 Å². The molecule has 104 valence electrons. The monoisotopic (exact) mass is 259 g/mol. The molecule has 3 N–H and O–H groups in total. The maximum Gasteiger partial charge on any atom is 0.0724 e. The number of rotatable bonds is 3. The van der Waals surface area contributed by atoms with E-state index < -0.39 is 5.60 Å². The lowest BCUT2D eigenvalue weighted by molar-refractivity contribution is -0.0738. The van der Waals surface area contributed by atoms with Crippen molar-refractivity contribution in [2.75, 3.05) is 6.54 Å². The molecule has 1 fully saturated rings. The van der Waals surface area contributed by atoms with Gasteiger partial charge in [0.05, 0.1) is 5.60 Å². The van der Waals surface area contributed by atoms with Gasteiger partial charge in [-0.2, -0.15) is 0 Å². The quantitative estimate of drug-likeness (QED) is 0.876. The zero-order valence-electron chi connectivity index (χ0n) is 11.9. The van der Waals surface area contributed by atoms with Crippen molar-refractivity contribution in [1.82, 2.24) is 0 Å². The summed E-state index contributed by atoms with van der Waals surface area (Å²) < 4.78 is 0. The summed E-state index contributed by atoms with van der Waals surface area (Å²) in [5.74, 6) is 0.678. The van der Waals surface area contributed by atoms with E-state index in [1.807, 2.05) is 0 Å². The standard InChI is InChI=1S/C17H25NO/c1-2-13-7-8-17(19,9-13)16(12-18)10-14-5-3-4-6-15(14)11-16/h3-6,13,19H,2,7-12,18H2,1H3. The van der Waals surface area contributed by atoms with Crippen LogP contribution < -0.4 is 5.73 Å². The van der Waals surface area contributed by atoms with E-state index in [2.05, 4.69) is 31.2 Å². The molecule has 2 atom stereocenters. The SMILES string of the molecule is CCC1CCC(O)(C2(CN)Cc3ccccc3C2)C1. The molecule has 1 aromatic rings. The zero-order chi connectivity index (χ0) is 13.5. The third-order valence-corrected chi connectivity index (χ3v) is 5.72. The Hall–Kier alpha value is -0.860. The molecule has 2 nitrogen and oxygen atoms in total. The van der Waals surface area contributed by atoms with Gasteiger partial charge in [0.1, 0.15) is 0 Å². The molecule has 19 heavy (non-hydrogen) atoms. The van der Waals surface area contributed by atoms with E-state index in [4.69, 9.17) is 5.73 Å². The highest BCUT2D eigenvalue weighted by atomic mass is 16.3. The van der Waals surface area contributed by atoms with Gasteiger partial charge in [0.2, 0.25) is 0 Å². The Morgan fingerprint density at radius 2 is 1.89 bits per heavy atom. The maximum atomic E-state index is 11.2. The van der Waals surface area contributed by atoms with Crippen LogP contribution in [0, 0.1) is 11.3 Å². The number of fused-ring (bicyclic) bond motifs is 1. The van der Waals surface area contributed by atoms with Crippen LogP contribution >= 0.6 is 0 Å². The summed E-state index contributed by atoms with van der Waals surface area (Å²) in [5, 5.41) is 11.2. The lowest BCUT2D eigenvalue weighted by Gasteiger charge is -2.42. The normalized spacial score (nSPS) is 32.5. The molecule has 0 aliphatic heterocycles. The van der Waals surface area contributed by atoms with Gasteiger partial charge in [-0.05, 0) is 49.1 Å². The molecule has 0 aromatic heterocycles. The lowest BCUT2D eigenvalue weighted by Crippen LogP contribution is -2.52. The van der Waals surface area contributed by atoms with E-state index in [-0.39, 0.29) is 5.41 Å². The van der Waals surface area contributed by atoms with Gasteiger partial charge in [-0.25, -0.2) is 0 Å². The molecule has 2 aliphatic carbocycles. The van der Waals surface area contributed by atoms with E-state index in [0.29, 0.717) is 12.5 Å². The molecule has 3 rings (SSSR count). The van der Waals surface area contributed by atoms with E-state index in [0.717, 1.165) is 32.1 Å². The van der Waals surface area contributed by atoms with Crippen molar-refractivity contribution >= 4 is 0 Å². The minimum Gasteiger partial charge on any atom is -0.389 e. The van der Waals surface area contributed by atoms with Gasteiger partial charge in [-0.3, -0.25) is 0 Å². The van der Waals surface area contributed by atoms with Crippen LogP contribution in [0.2, 0.25) is 0 Å². The average Bonchev–Trinajstić information content (AvgIpc) is 3.01. The van der Waals surface area contributed by atoms with Crippen molar-refractivity contribution in [2.45, 2.75) is 51.0 Å². The number of hydrogen-bond donors (Lipinski definition) is 2. The summed E-state index contributed by atoms with van der Waals surface area (Å²) in [6.07, 6.45) is 6.10. The maximum absolute atomic E-state index is 11.2. The fourth-order valence-electron chi connectivity index (χ4n) is 4.31. The highest BCUT2D eigenvalue weighted by Crippen LogP contribution is 2.52. The number of benzene rings is 1. The molecular weight excluding hydrogens is 234 g/mol. The largest absolute Gasteiger partial charge is 0.389 e. The van der Waals surface area contributed by atoms with E-state index in [1.54, 1.807) is 0 Å². The molecular formula is C17H25NO. The average molecular weight is 259 g/mol. The highest BCUT2D eigenvalue weighted by Gasteiger charge is 2.54. The number of aliphatic hydroxyl groups is 1. The van der Waals surface area contributed by atoms with Crippen LogP contribution in [0.4, 0.5) is 0 Å². The second-order valence-corrected chi connectivity index (χ2v) is 6.66. The lowest BCUT2D eigenvalue weighted by atomic mass is 9.68. The Morgan fingerprint density at radius 3 is 2.37 bits per heavy atom. The molecule has 2 heteroatoms. The number of hydrogen-bond acceptors (Lipinski definition) is 2. The number of nitrogens with two attached hydrogens (primary N) is 1. The highest BCUT2D eigenvalue weighted by molar-refractivity contribution is 5.36. The zero-order valence-corrected chi connectivity index (χ0v) is 11.9. The minimum absolute atomic E-state index is 0.124. The Labute approximate surface area is 116 Å². The first-order valence-electron chi connectivity index (χ1n) is 7.62. The van der Waals surface area contributed by atoms with Crippen molar-refractivity contribution in [3.63, 3.8) is 0 Å². The van der Waals surface area contributed by atoms with E-state index >= 15 is 0 Å². The summed E-state index contributed by atoms with van der Waals surface area (Å²) >= 11 is 0. The van der Waals surface area contributed by atoms with Crippen molar-refractivity contribution in [3.05, 3.63) is 35.4 Å². The molecule has 0 radical (unpaired) electrons. The van der Waals surface area contributed by atoms with Crippen molar-refractivity contribution in [3.8, 4) is 0 Å². The first kappa shape index (κ1) is 13.1. The summed E-state index contributed by atoms with van der Waals surface area (Å²) in [6, 6.07) is 8.59. The smallest absolute Gasteiger partial charge is 0.0724 e. The van der Waals surface area contributed by atoms with E-state index in [9.17, 15) is 5.11 Å². The summed E-state index contributed by atoms with van der Waals surface area (Å²) in [4.78, 5) is 0. The Kier molecular flexibility index (Phi) is 3.18. The van der Waals surface area contributed by atoms with Crippen LogP contribution in [0.5, 0.6) is 0 Å². The molecule has 0 amide bonds. The van der Waals surface area contributed by atoms with Crippen molar-refractivity contribution in [1.29, 1.82) is 0 Å². The van der Waals surface area contributed by atoms with Gasteiger partial charge >= 0.3 is 0 Å². The second-order valence-electron chi connectivity index (χ2n) is 6.66. The Balaban J connectivity index is 1.90. The topological polar surface area (TPSA) is 46.2 Å². The molecule has 1 saturated carbocycles. The molecule has 2 unspecified atom stereocenters. The van der Waals surface area contributed by atoms with Gasteiger partial charge in [0, 0.05) is 12.0 Å². The minimum atomic E-state index is -0.554. The molecule has 0 spiro atoms. The van der Waals surface area contributed by atoms with Gasteiger partial charge in [0.15, 0.2) is 0 Å². The van der Waals surface area contributed by atoms with Crippen LogP contribution in [-0.2, 0) is 12.8 Å². The third-order valence-electron chi connectivity index (χ3n) is 5.72. The predicted octanol–water partition coefficient (Wildman–Crippen LogP) is 2.67. The van der Waals surface area contributed by atoms with Crippen LogP contribution in [-0.4, -0.2) is 17.3 Å². The van der Waals surface area contributed by atoms with Crippen molar-refractivity contribution in [2.24, 2.45) is 17.1 Å². The summed E-state index contributed by atoms with van der Waals surface area (Å²) in [7, 11) is 0. The van der Waals surface area contributed by atoms with Gasteiger partial charge in [-0.15, -0.1) is 0 Å². The summed E-state index contributed by atoms with van der Waals surface area (Å²) in [5.41, 5.74) is 8.24. The van der Waals surface area contributed by atoms with Gasteiger partial charge < -0.3 is 10.8 Å². The van der Waals surface area contributed by atoms with Crippen LogP contribution in [0.1, 0.15) is 43.7 Å². The van der Waals surface area contributed by atoms with Crippen LogP contribution in [0.25, 0.3) is 0 Å². The molecule has 0 heterocycles. The van der Waals surface area contributed by atoms with E-state index in [1.165, 1.54) is 17.5 Å². The third kappa shape index (κ3) is 1.93. The Bertz CT molecular complexity index is 445. The predicted molar refractivity (Wildman–Crippen MR) is 77.9 cm³/mol. The first-order valence-corrected chi connectivity index (χ1v) is 7.62. The van der Waals surface area contributed by atoms with Crippen LogP contribution in [0.15, 0.2) is 24.3 Å². The molecule has 2 aliphatic rings. The van der Waals surface area contributed by atoms with Gasteiger partial charge in [0.25, 0.3) is 0 Å². The second kappa shape index (κ2) is 4.60. The fourth-order valence-corrected chi connectivity index (χ4v) is 4.31. The first-order chi connectivity index (χ1) is 9.12. The molecule has 1 aromatic carbocycles. The Morgan fingerprint density at radius 1 is 1.26 bits per heavy atom. The van der Waals surface area contributed by atoms with Gasteiger partial charge in [-0.1, -0.05) is 37.6 Å². The summed E-state index contributed by atoms with van der Waals surface area (Å²) in [6.45, 7) is 2.82. The molecule has 0 bridgehead atoms. The fraction of sp³-hybridized carbons (Fsp3) is 0.647. The van der Waals surface area contributed by atoms with Crippen LogP contribution in [0.3, 0.4) is 0 Å².